The summed E-state index contributed by atoms with van der Waals surface area (Å²) in [5, 5.41) is 23.2. The van der Waals surface area contributed by atoms with Crippen molar-refractivity contribution in [2.75, 3.05) is 34.8 Å². The van der Waals surface area contributed by atoms with Gasteiger partial charge in [-0.3, -0.25) is 15.0 Å². The van der Waals surface area contributed by atoms with E-state index in [9.17, 15) is 27.9 Å². The predicted octanol–water partition coefficient (Wildman–Crippen LogP) is 2.07. The Bertz CT molecular complexity index is 1130. The smallest absolute Gasteiger partial charge is 0.394 e. The van der Waals surface area contributed by atoms with Crippen molar-refractivity contribution in [1.82, 2.24) is 15.3 Å². The second kappa shape index (κ2) is 10.3. The highest BCUT2D eigenvalue weighted by atomic mass is 19.4. The minimum absolute atomic E-state index is 0.191. The molecule has 2 aliphatic rings. The topological polar surface area (TPSA) is 131 Å². The molecule has 4 rings (SSSR count). The molecule has 4 N–H and O–H groups in total. The maximum Gasteiger partial charge on any atom is 0.408 e. The molecule has 1 fully saturated rings. The molecule has 0 saturated carbocycles. The molecule has 3 atom stereocenters. The maximum absolute atomic E-state index is 13.3. The van der Waals surface area contributed by atoms with E-state index in [0.717, 1.165) is 12.5 Å². The molecule has 4 heterocycles. The van der Waals surface area contributed by atoms with Crippen LogP contribution < -0.4 is 20.4 Å². The Morgan fingerprint density at radius 2 is 2.06 bits per heavy atom. The lowest BCUT2D eigenvalue weighted by Gasteiger charge is -2.35. The van der Waals surface area contributed by atoms with Gasteiger partial charge in [0.1, 0.15) is 17.6 Å². The fraction of sp³-hybridized carbons (Fsp3) is 0.478. The standard InChI is InChI=1S/C23H27F3N6O4/c1-13(23(24,25)26)28-21(35)17-4-5-18-20(29-17)32(15-7-9-31(18)11-15)22(36)30-19-10-14(6-8-27-19)2-3-16(34)12-33/h4-6,8,10,13,15-16,33-34H,2-3,7,9,11-12H2,1H3,(H,28,35)(H,27,30,36)/t13-,15+,16-/m1/s1. The van der Waals surface area contributed by atoms with E-state index in [2.05, 4.69) is 15.3 Å². The fourth-order valence-corrected chi connectivity index (χ4v) is 4.24. The summed E-state index contributed by atoms with van der Waals surface area (Å²) in [7, 11) is 0. The molecule has 13 heteroatoms. The van der Waals surface area contributed by atoms with Gasteiger partial charge in [0.05, 0.1) is 24.4 Å². The van der Waals surface area contributed by atoms with E-state index in [1.165, 1.54) is 17.2 Å². The summed E-state index contributed by atoms with van der Waals surface area (Å²) in [6, 6.07) is 3.50. The van der Waals surface area contributed by atoms with Crippen molar-refractivity contribution < 1.29 is 33.0 Å². The molecule has 0 spiro atoms. The molecule has 0 aliphatic carbocycles. The number of anilines is 3. The summed E-state index contributed by atoms with van der Waals surface area (Å²) >= 11 is 0. The second-order valence-corrected chi connectivity index (χ2v) is 8.89. The van der Waals surface area contributed by atoms with E-state index in [1.54, 1.807) is 18.2 Å². The Kier molecular flexibility index (Phi) is 7.31. The lowest BCUT2D eigenvalue weighted by Crippen LogP contribution is -2.49. The number of carbonyl (C=O) groups is 2. The van der Waals surface area contributed by atoms with E-state index in [-0.39, 0.29) is 30.0 Å². The van der Waals surface area contributed by atoms with E-state index < -0.39 is 30.3 Å². The van der Waals surface area contributed by atoms with Crippen LogP contribution in [0.2, 0.25) is 0 Å². The van der Waals surface area contributed by atoms with Crippen molar-refractivity contribution >= 4 is 29.3 Å². The highest BCUT2D eigenvalue weighted by Gasteiger charge is 2.41. The number of carbonyl (C=O) groups excluding carboxylic acids is 2. The maximum atomic E-state index is 13.3. The first-order chi connectivity index (χ1) is 17.1. The van der Waals surface area contributed by atoms with Crippen LogP contribution in [0.5, 0.6) is 0 Å². The molecule has 0 radical (unpaired) electrons. The van der Waals surface area contributed by atoms with Gasteiger partial charge in [0.25, 0.3) is 5.91 Å². The molecule has 2 bridgehead atoms. The second-order valence-electron chi connectivity index (χ2n) is 8.89. The van der Waals surface area contributed by atoms with Crippen molar-refractivity contribution in [3.8, 4) is 0 Å². The lowest BCUT2D eigenvalue weighted by molar-refractivity contribution is -0.149. The Balaban J connectivity index is 1.55. The van der Waals surface area contributed by atoms with E-state index in [1.807, 2.05) is 10.2 Å². The van der Waals surface area contributed by atoms with Crippen LogP contribution in [-0.2, 0) is 6.42 Å². The Hall–Kier alpha value is -3.45. The highest BCUT2D eigenvalue weighted by Crippen LogP contribution is 2.39. The van der Waals surface area contributed by atoms with Crippen LogP contribution in [-0.4, -0.2) is 76.2 Å². The average Bonchev–Trinajstić information content (AvgIpc) is 3.25. The minimum atomic E-state index is -4.60. The van der Waals surface area contributed by atoms with Crippen LogP contribution in [0.25, 0.3) is 0 Å². The number of amides is 3. The Morgan fingerprint density at radius 1 is 1.28 bits per heavy atom. The lowest BCUT2D eigenvalue weighted by atomic mass is 10.1. The monoisotopic (exact) mass is 508 g/mol. The van der Waals surface area contributed by atoms with E-state index >= 15 is 0 Å². The first-order valence-corrected chi connectivity index (χ1v) is 11.5. The molecule has 0 unspecified atom stereocenters. The van der Waals surface area contributed by atoms with Gasteiger partial charge in [-0.05, 0) is 56.0 Å². The third-order valence-corrected chi connectivity index (χ3v) is 6.28. The van der Waals surface area contributed by atoms with Crippen LogP contribution in [0.1, 0.15) is 35.8 Å². The number of pyridine rings is 2. The van der Waals surface area contributed by atoms with E-state index in [0.29, 0.717) is 38.0 Å². The predicted molar refractivity (Wildman–Crippen MR) is 125 cm³/mol. The third kappa shape index (κ3) is 5.51. The zero-order chi connectivity index (χ0) is 26.0. The molecule has 2 aromatic rings. The van der Waals surface area contributed by atoms with Gasteiger partial charge in [0.15, 0.2) is 5.82 Å². The van der Waals surface area contributed by atoms with Crippen LogP contribution >= 0.6 is 0 Å². The van der Waals surface area contributed by atoms with Gasteiger partial charge in [-0.2, -0.15) is 13.2 Å². The molecular weight excluding hydrogens is 481 g/mol. The van der Waals surface area contributed by atoms with Crippen LogP contribution in [0.4, 0.5) is 35.3 Å². The first kappa shape index (κ1) is 25.6. The molecular formula is C23H27F3N6O4. The summed E-state index contributed by atoms with van der Waals surface area (Å²) in [5.41, 5.74) is 1.18. The number of aliphatic hydroxyl groups excluding tert-OH is 2. The largest absolute Gasteiger partial charge is 0.408 e. The molecule has 1 saturated heterocycles. The third-order valence-electron chi connectivity index (χ3n) is 6.28. The van der Waals surface area contributed by atoms with Crippen molar-refractivity contribution in [1.29, 1.82) is 0 Å². The minimum Gasteiger partial charge on any atom is -0.394 e. The van der Waals surface area contributed by atoms with Crippen LogP contribution in [0.3, 0.4) is 0 Å². The van der Waals surface area contributed by atoms with Crippen molar-refractivity contribution in [2.24, 2.45) is 0 Å². The molecule has 3 amide bonds. The number of hydrogen-bond donors (Lipinski definition) is 4. The van der Waals surface area contributed by atoms with Gasteiger partial charge in [0, 0.05) is 19.3 Å². The molecule has 0 aromatic carbocycles. The van der Waals surface area contributed by atoms with Crippen molar-refractivity contribution in [3.63, 3.8) is 0 Å². The Morgan fingerprint density at radius 3 is 2.78 bits per heavy atom. The highest BCUT2D eigenvalue weighted by molar-refractivity contribution is 6.05. The number of nitrogens with zero attached hydrogens (tertiary/aromatic N) is 4. The molecule has 2 aromatic heterocycles. The number of aliphatic hydroxyl groups is 2. The Labute approximate surface area is 205 Å². The number of aryl methyl sites for hydroxylation is 1. The fourth-order valence-electron chi connectivity index (χ4n) is 4.24. The quantitative estimate of drug-likeness (QED) is 0.450. The number of alkyl halides is 3. The molecule has 2 aliphatic heterocycles. The van der Waals surface area contributed by atoms with Gasteiger partial charge < -0.3 is 20.4 Å². The number of urea groups is 1. The first-order valence-electron chi connectivity index (χ1n) is 11.5. The summed E-state index contributed by atoms with van der Waals surface area (Å²) in [6.45, 7) is 1.73. The van der Waals surface area contributed by atoms with Crippen molar-refractivity contribution in [2.45, 2.75) is 50.6 Å². The van der Waals surface area contributed by atoms with Gasteiger partial charge in [0.2, 0.25) is 0 Å². The molecule has 36 heavy (non-hydrogen) atoms. The van der Waals surface area contributed by atoms with Gasteiger partial charge in [-0.1, -0.05) is 0 Å². The SMILES string of the molecule is C[C@@H](NC(=O)c1ccc2c(n1)N(C(=O)Nc1cc(CC[C@@H](O)CO)ccn1)[C@H]1CCN2C1)C(F)(F)F. The summed E-state index contributed by atoms with van der Waals surface area (Å²) in [4.78, 5) is 37.7. The summed E-state index contributed by atoms with van der Waals surface area (Å²) < 4.78 is 38.7. The van der Waals surface area contributed by atoms with Gasteiger partial charge in [-0.25, -0.2) is 14.8 Å². The average molecular weight is 509 g/mol. The normalized spacial score (nSPS) is 18.4. The van der Waals surface area contributed by atoms with Crippen LogP contribution in [0.15, 0.2) is 30.5 Å². The van der Waals surface area contributed by atoms with Gasteiger partial charge >= 0.3 is 12.2 Å². The molecule has 10 nitrogen and oxygen atoms in total. The van der Waals surface area contributed by atoms with Crippen molar-refractivity contribution in [3.05, 3.63) is 41.7 Å². The van der Waals surface area contributed by atoms with Crippen LogP contribution in [0, 0.1) is 0 Å². The van der Waals surface area contributed by atoms with Gasteiger partial charge in [-0.15, -0.1) is 0 Å². The number of nitrogens with one attached hydrogen (secondary N) is 2. The number of halogens is 3. The van der Waals surface area contributed by atoms with E-state index in [4.69, 9.17) is 5.11 Å². The number of rotatable bonds is 7. The number of fused-ring (bicyclic) bond motifs is 4. The molecule has 194 valence electrons. The zero-order valence-electron chi connectivity index (χ0n) is 19.5. The summed E-state index contributed by atoms with van der Waals surface area (Å²) in [6.07, 6.45) is -2.47. The summed E-state index contributed by atoms with van der Waals surface area (Å²) in [5.74, 6) is -0.531. The number of hydrogen-bond acceptors (Lipinski definition) is 7. The zero-order valence-corrected chi connectivity index (χ0v) is 19.5. The number of aromatic nitrogens is 2.